The van der Waals surface area contributed by atoms with Crippen molar-refractivity contribution in [2.24, 2.45) is 0 Å². The third-order valence-corrected chi connectivity index (χ3v) is 0. The zero-order valence-corrected chi connectivity index (χ0v) is 7.39. The van der Waals surface area contributed by atoms with Gasteiger partial charge in [0.15, 0.2) is 0 Å². The first kappa shape index (κ1) is 9.26. The van der Waals surface area contributed by atoms with E-state index in [9.17, 15) is 0 Å². The first-order chi connectivity index (χ1) is 1.41. The summed E-state index contributed by atoms with van der Waals surface area (Å²) in [4.78, 5) is 0. The molecule has 0 bridgehead atoms. The Morgan fingerprint density at radius 1 is 1.25 bits per heavy atom. The maximum absolute atomic E-state index is 3.23. The first-order valence-electron chi connectivity index (χ1n) is 0.378. The van der Waals surface area contributed by atoms with Crippen LogP contribution in [0.2, 0.25) is 0 Å². The molecule has 0 aliphatic heterocycles. The van der Waals surface area contributed by atoms with E-state index in [0.717, 1.165) is 0 Å². The van der Waals surface area contributed by atoms with Crippen LogP contribution in [0.15, 0.2) is 0 Å². The molecular formula is H2Br2OZr. The van der Waals surface area contributed by atoms with Crippen LogP contribution in [0.3, 0.4) is 0 Å². The van der Waals surface area contributed by atoms with Gasteiger partial charge in [-0.2, -0.15) is 0 Å². The third-order valence-electron chi connectivity index (χ3n) is 0. The quantitative estimate of drug-likeness (QED) is 0.625. The Hall–Kier alpha value is 1.80. The van der Waals surface area contributed by atoms with E-state index in [2.05, 4.69) is 24.4 Å². The number of rotatable bonds is 0. The van der Waals surface area contributed by atoms with Gasteiger partial charge >= 0.3 is 43.0 Å². The van der Waals surface area contributed by atoms with Crippen molar-refractivity contribution in [1.29, 1.82) is 0 Å². The Bertz CT molecular complexity index is 6.00. The van der Waals surface area contributed by atoms with Crippen molar-refractivity contribution < 1.29 is 24.0 Å². The van der Waals surface area contributed by atoms with E-state index < -0.39 is 0 Å². The summed E-state index contributed by atoms with van der Waals surface area (Å²) in [6.07, 6.45) is 0. The summed E-state index contributed by atoms with van der Waals surface area (Å²) in [6, 6.07) is 0. The van der Waals surface area contributed by atoms with Gasteiger partial charge in [0.25, 0.3) is 0 Å². The third kappa shape index (κ3) is 9.19. The minimum absolute atomic E-state index is 0. The molecule has 1 nitrogen and oxygen atoms in total. The molecule has 0 atom stereocenters. The Morgan fingerprint density at radius 3 is 1.25 bits per heavy atom. The van der Waals surface area contributed by atoms with Crippen LogP contribution >= 0.6 is 24.4 Å². The summed E-state index contributed by atoms with van der Waals surface area (Å²) in [5, 5.41) is 0. The van der Waals surface area contributed by atoms with Gasteiger partial charge in [-0.3, -0.25) is 0 Å². The van der Waals surface area contributed by atoms with Crippen molar-refractivity contribution in [1.82, 2.24) is 0 Å². The zero-order chi connectivity index (χ0) is 2.71. The second kappa shape index (κ2) is 8.84. The average Bonchev–Trinajstić information content (AvgIpc) is 0.918. The fourth-order valence-electron chi connectivity index (χ4n) is 0. The molecule has 0 amide bonds. The molecule has 0 radical (unpaired) electrons. The van der Waals surface area contributed by atoms with E-state index in [0.29, 0.717) is 0 Å². The SMILES string of the molecule is O.[Br][Zr][Br]. The molecule has 0 aliphatic rings. The van der Waals surface area contributed by atoms with Crippen LogP contribution in [0.25, 0.3) is 0 Å². The van der Waals surface area contributed by atoms with Crippen LogP contribution < -0.4 is 0 Å². The summed E-state index contributed by atoms with van der Waals surface area (Å²) in [7, 11) is 0. The van der Waals surface area contributed by atoms with Crippen LogP contribution in [-0.4, -0.2) is 5.48 Å². The fraction of sp³-hybridized carbons (Fsp3) is 0. The second-order valence-electron chi connectivity index (χ2n) is 0.0714. The summed E-state index contributed by atoms with van der Waals surface area (Å²) in [5.41, 5.74) is 0. The van der Waals surface area contributed by atoms with Crippen LogP contribution in [0.1, 0.15) is 0 Å². The van der Waals surface area contributed by atoms with Crippen LogP contribution in [0.4, 0.5) is 0 Å². The summed E-state index contributed by atoms with van der Waals surface area (Å²) in [5.74, 6) is 0. The predicted molar refractivity (Wildman–Crippen MR) is 21.5 cm³/mol. The average molecular weight is 269 g/mol. The van der Waals surface area contributed by atoms with Gasteiger partial charge in [0, 0.05) is 0 Å². The Balaban J connectivity index is 0. The zero-order valence-electron chi connectivity index (χ0n) is 1.76. The van der Waals surface area contributed by atoms with Crippen molar-refractivity contribution >= 4 is 24.4 Å². The van der Waals surface area contributed by atoms with E-state index in [1.807, 2.05) is 0 Å². The predicted octanol–water partition coefficient (Wildman–Crippen LogP) is 0.864. The number of halogens is 2. The van der Waals surface area contributed by atoms with Gasteiger partial charge in [-0.1, -0.05) is 0 Å². The molecule has 0 fully saturated rings. The molecule has 0 saturated heterocycles. The molecule has 0 unspecified atom stereocenters. The molecule has 0 rings (SSSR count). The van der Waals surface area contributed by atoms with Gasteiger partial charge in [0.05, 0.1) is 0 Å². The first-order valence-corrected chi connectivity index (χ1v) is 11.6. The van der Waals surface area contributed by atoms with E-state index in [1.165, 1.54) is 0 Å². The Labute approximate surface area is 47.9 Å². The monoisotopic (exact) mass is 266 g/mol. The van der Waals surface area contributed by atoms with Crippen LogP contribution in [-0.2, 0) is 18.5 Å². The molecule has 0 aromatic heterocycles. The molecule has 26 valence electrons. The molecule has 4 heavy (non-hydrogen) atoms. The van der Waals surface area contributed by atoms with E-state index in [1.54, 1.807) is 0 Å². The van der Waals surface area contributed by atoms with Gasteiger partial charge in [-0.25, -0.2) is 0 Å². The molecule has 2 N–H and O–H groups in total. The van der Waals surface area contributed by atoms with Gasteiger partial charge < -0.3 is 5.48 Å². The van der Waals surface area contributed by atoms with Crippen molar-refractivity contribution in [3.8, 4) is 0 Å². The maximum atomic E-state index is 3.23. The molecule has 0 aromatic carbocycles. The summed E-state index contributed by atoms with van der Waals surface area (Å²) >= 11 is 6.32. The molecule has 0 heterocycles. The standard InChI is InChI=1S/2BrH.H2O.Zr/h2*1H;1H2;/q;;;+2/p-2. The van der Waals surface area contributed by atoms with Gasteiger partial charge in [0.1, 0.15) is 0 Å². The molecular weight excluding hydrogens is 267 g/mol. The normalized spacial score (nSPS) is 3.50. The summed E-state index contributed by atoms with van der Waals surface area (Å²) < 4.78 is 0. The van der Waals surface area contributed by atoms with Crippen molar-refractivity contribution in [2.45, 2.75) is 0 Å². The molecule has 0 saturated carbocycles. The topological polar surface area (TPSA) is 31.5 Å². The van der Waals surface area contributed by atoms with E-state index in [4.69, 9.17) is 0 Å². The number of hydrogen-bond acceptors (Lipinski definition) is 0. The van der Waals surface area contributed by atoms with Gasteiger partial charge in [-0.05, 0) is 0 Å². The fourth-order valence-corrected chi connectivity index (χ4v) is 0. The molecule has 0 aromatic rings. The van der Waals surface area contributed by atoms with Gasteiger partial charge in [0.2, 0.25) is 0 Å². The second-order valence-corrected chi connectivity index (χ2v) is 11.4. The Kier molecular flexibility index (Phi) is 20.5. The van der Waals surface area contributed by atoms with Crippen molar-refractivity contribution in [3.05, 3.63) is 0 Å². The van der Waals surface area contributed by atoms with Gasteiger partial charge in [-0.15, -0.1) is 0 Å². The van der Waals surface area contributed by atoms with E-state index >= 15 is 0 Å². The van der Waals surface area contributed by atoms with Crippen molar-refractivity contribution in [3.63, 3.8) is 0 Å². The van der Waals surface area contributed by atoms with Crippen LogP contribution in [0.5, 0.6) is 0 Å². The summed E-state index contributed by atoms with van der Waals surface area (Å²) in [6.45, 7) is 0. The molecule has 0 aliphatic carbocycles. The van der Waals surface area contributed by atoms with Crippen molar-refractivity contribution in [2.75, 3.05) is 0 Å². The Morgan fingerprint density at radius 2 is 1.25 bits per heavy atom. The van der Waals surface area contributed by atoms with Crippen LogP contribution in [0, 0.1) is 0 Å². The molecule has 4 heteroatoms. The van der Waals surface area contributed by atoms with E-state index in [-0.39, 0.29) is 24.0 Å². The number of hydrogen-bond donors (Lipinski definition) is 0. The molecule has 0 spiro atoms. The minimum atomic E-state index is -0.145.